The molecule has 4 heterocycles. The molecule has 6 rings (SSSR count). The predicted octanol–water partition coefficient (Wildman–Crippen LogP) is 4.93. The molecule has 35 heavy (non-hydrogen) atoms. The van der Waals surface area contributed by atoms with Crippen molar-refractivity contribution >= 4 is 27.7 Å². The lowest BCUT2D eigenvalue weighted by Gasteiger charge is -2.27. The van der Waals surface area contributed by atoms with Gasteiger partial charge < -0.3 is 19.4 Å². The second-order valence-corrected chi connectivity index (χ2v) is 8.53. The van der Waals surface area contributed by atoms with Crippen LogP contribution in [0, 0.1) is 0 Å². The van der Waals surface area contributed by atoms with Crippen LogP contribution in [0.5, 0.6) is 5.75 Å². The number of pyridine rings is 2. The Hall–Kier alpha value is -4.23. The second kappa shape index (κ2) is 8.85. The van der Waals surface area contributed by atoms with E-state index in [4.69, 9.17) is 9.47 Å². The summed E-state index contributed by atoms with van der Waals surface area (Å²) in [4.78, 5) is 27.4. The third-order valence-corrected chi connectivity index (χ3v) is 6.48. The zero-order valence-corrected chi connectivity index (χ0v) is 19.3. The van der Waals surface area contributed by atoms with E-state index in [-0.39, 0.29) is 5.91 Å². The smallest absolute Gasteiger partial charge is 0.254 e. The first kappa shape index (κ1) is 21.3. The monoisotopic (exact) mass is 464 g/mol. The van der Waals surface area contributed by atoms with E-state index in [9.17, 15) is 4.79 Å². The van der Waals surface area contributed by atoms with Gasteiger partial charge in [-0.15, -0.1) is 0 Å². The Balaban J connectivity index is 1.54. The lowest BCUT2D eigenvalue weighted by molar-refractivity contribution is 0.0303. The minimum absolute atomic E-state index is 0.0169. The molecule has 1 N–H and O–H groups in total. The Bertz CT molecular complexity index is 1540. The lowest BCUT2D eigenvalue weighted by atomic mass is 9.96. The summed E-state index contributed by atoms with van der Waals surface area (Å²) in [6.07, 6.45) is 5.42. The minimum Gasteiger partial charge on any atom is -0.496 e. The van der Waals surface area contributed by atoms with Gasteiger partial charge >= 0.3 is 0 Å². The highest BCUT2D eigenvalue weighted by Gasteiger charge is 2.21. The van der Waals surface area contributed by atoms with Crippen LogP contribution in [0.4, 0.5) is 0 Å². The molecule has 1 amide bonds. The number of carbonyl (C=O) groups is 1. The van der Waals surface area contributed by atoms with E-state index in [2.05, 4.69) is 21.0 Å². The Morgan fingerprint density at radius 2 is 1.86 bits per heavy atom. The van der Waals surface area contributed by atoms with Crippen LogP contribution in [-0.2, 0) is 4.74 Å². The van der Waals surface area contributed by atoms with Gasteiger partial charge in [-0.2, -0.15) is 0 Å². The first-order valence-corrected chi connectivity index (χ1v) is 11.6. The van der Waals surface area contributed by atoms with Gasteiger partial charge in [-0.1, -0.05) is 12.1 Å². The van der Waals surface area contributed by atoms with E-state index < -0.39 is 0 Å². The highest BCUT2D eigenvalue weighted by Crippen LogP contribution is 2.41. The number of nitrogens with one attached hydrogen (secondary N) is 1. The van der Waals surface area contributed by atoms with Crippen molar-refractivity contribution in [3.63, 3.8) is 0 Å². The fourth-order valence-corrected chi connectivity index (χ4v) is 4.76. The SMILES string of the molecule is COc1ccc2[nH]c3cnc(-c4cccnc4)cc3c2c1-c1cccc(C(=O)N2CCOCC2)c1. The molecule has 0 bridgehead atoms. The number of ether oxygens (including phenoxy) is 2. The van der Waals surface area contributed by atoms with Crippen LogP contribution in [-0.4, -0.2) is 59.2 Å². The number of aromatic nitrogens is 3. The summed E-state index contributed by atoms with van der Waals surface area (Å²) in [5.74, 6) is 0.761. The first-order chi connectivity index (χ1) is 17.2. The number of aromatic amines is 1. The molecule has 5 aromatic rings. The molecule has 0 radical (unpaired) electrons. The quantitative estimate of drug-likeness (QED) is 0.408. The Labute approximate surface area is 202 Å². The minimum atomic E-state index is 0.0169. The van der Waals surface area contributed by atoms with Gasteiger partial charge in [-0.25, -0.2) is 0 Å². The molecule has 1 aliphatic heterocycles. The number of amides is 1. The Morgan fingerprint density at radius 1 is 1.00 bits per heavy atom. The highest BCUT2D eigenvalue weighted by molar-refractivity contribution is 6.16. The van der Waals surface area contributed by atoms with Crippen LogP contribution in [0.25, 0.3) is 44.2 Å². The summed E-state index contributed by atoms with van der Waals surface area (Å²) in [5, 5.41) is 2.07. The van der Waals surface area contributed by atoms with Crippen molar-refractivity contribution in [3.8, 4) is 28.1 Å². The van der Waals surface area contributed by atoms with E-state index in [1.54, 1.807) is 13.3 Å². The molecule has 1 aliphatic rings. The van der Waals surface area contributed by atoms with Gasteiger partial charge in [0.25, 0.3) is 5.91 Å². The molecule has 0 unspecified atom stereocenters. The third-order valence-electron chi connectivity index (χ3n) is 6.48. The average molecular weight is 465 g/mol. The average Bonchev–Trinajstić information content (AvgIpc) is 3.31. The second-order valence-electron chi connectivity index (χ2n) is 8.53. The normalized spacial score (nSPS) is 13.9. The van der Waals surface area contributed by atoms with E-state index in [0.29, 0.717) is 31.9 Å². The van der Waals surface area contributed by atoms with Gasteiger partial charge in [0, 0.05) is 58.5 Å². The summed E-state index contributed by atoms with van der Waals surface area (Å²) >= 11 is 0. The molecular formula is C28H24N4O3. The lowest BCUT2D eigenvalue weighted by Crippen LogP contribution is -2.40. The van der Waals surface area contributed by atoms with Gasteiger partial charge in [0.05, 0.1) is 37.7 Å². The van der Waals surface area contributed by atoms with Crippen LogP contribution in [0.1, 0.15) is 10.4 Å². The number of benzene rings is 2. The van der Waals surface area contributed by atoms with Crippen molar-refractivity contribution in [1.82, 2.24) is 19.9 Å². The summed E-state index contributed by atoms with van der Waals surface area (Å²) in [6.45, 7) is 2.35. The van der Waals surface area contributed by atoms with Crippen molar-refractivity contribution in [2.45, 2.75) is 0 Å². The number of H-pyrrole nitrogens is 1. The molecule has 3 aromatic heterocycles. The Kier molecular flexibility index (Phi) is 5.39. The highest BCUT2D eigenvalue weighted by atomic mass is 16.5. The number of nitrogens with zero attached hydrogens (tertiary/aromatic N) is 3. The number of fused-ring (bicyclic) bond motifs is 3. The molecule has 0 atom stereocenters. The number of hydrogen-bond acceptors (Lipinski definition) is 5. The summed E-state index contributed by atoms with van der Waals surface area (Å²) in [5.41, 5.74) is 6.22. The van der Waals surface area contributed by atoms with Crippen molar-refractivity contribution < 1.29 is 14.3 Å². The first-order valence-electron chi connectivity index (χ1n) is 11.6. The third kappa shape index (κ3) is 3.80. The van der Waals surface area contributed by atoms with Gasteiger partial charge in [0.2, 0.25) is 0 Å². The zero-order chi connectivity index (χ0) is 23.8. The maximum atomic E-state index is 13.2. The van der Waals surface area contributed by atoms with Crippen molar-refractivity contribution in [1.29, 1.82) is 0 Å². The van der Waals surface area contributed by atoms with Crippen LogP contribution in [0.3, 0.4) is 0 Å². The van der Waals surface area contributed by atoms with E-state index >= 15 is 0 Å². The number of methoxy groups -OCH3 is 1. The zero-order valence-electron chi connectivity index (χ0n) is 19.3. The Morgan fingerprint density at radius 3 is 2.66 bits per heavy atom. The summed E-state index contributed by atoms with van der Waals surface area (Å²) < 4.78 is 11.2. The van der Waals surface area contributed by atoms with Gasteiger partial charge in [-0.05, 0) is 48.0 Å². The fourth-order valence-electron chi connectivity index (χ4n) is 4.76. The maximum absolute atomic E-state index is 13.2. The number of rotatable bonds is 4. The number of hydrogen-bond donors (Lipinski definition) is 1. The summed E-state index contributed by atoms with van der Waals surface area (Å²) in [7, 11) is 1.67. The van der Waals surface area contributed by atoms with E-state index in [1.807, 2.05) is 65.8 Å². The molecule has 7 heteroatoms. The van der Waals surface area contributed by atoms with Gasteiger partial charge in [0.15, 0.2) is 0 Å². The van der Waals surface area contributed by atoms with Crippen molar-refractivity contribution in [2.75, 3.05) is 33.4 Å². The molecule has 0 aliphatic carbocycles. The molecule has 174 valence electrons. The fraction of sp³-hybridized carbons (Fsp3) is 0.179. The maximum Gasteiger partial charge on any atom is 0.254 e. The van der Waals surface area contributed by atoms with Gasteiger partial charge in [-0.3, -0.25) is 14.8 Å². The largest absolute Gasteiger partial charge is 0.496 e. The molecule has 1 fully saturated rings. The molecular weight excluding hydrogens is 440 g/mol. The standard InChI is InChI=1S/C28H24N4O3/c1-34-25-8-7-22-27(21-15-23(30-17-24(21)31-22)20-6-3-9-29-16-20)26(25)18-4-2-5-19(14-18)28(33)32-10-12-35-13-11-32/h2-9,14-17,31H,10-13H2,1H3. The molecule has 0 saturated carbocycles. The molecule has 0 spiro atoms. The van der Waals surface area contributed by atoms with E-state index in [1.165, 1.54) is 0 Å². The van der Waals surface area contributed by atoms with Crippen LogP contribution < -0.4 is 4.74 Å². The van der Waals surface area contributed by atoms with Crippen LogP contribution in [0.2, 0.25) is 0 Å². The topological polar surface area (TPSA) is 80.3 Å². The molecule has 1 saturated heterocycles. The van der Waals surface area contributed by atoms with Crippen molar-refractivity contribution in [3.05, 3.63) is 78.8 Å². The van der Waals surface area contributed by atoms with Crippen molar-refractivity contribution in [2.24, 2.45) is 0 Å². The van der Waals surface area contributed by atoms with Crippen LogP contribution >= 0.6 is 0 Å². The molecule has 7 nitrogen and oxygen atoms in total. The number of morpholine rings is 1. The molecule has 2 aromatic carbocycles. The number of carbonyl (C=O) groups excluding carboxylic acids is 1. The summed E-state index contributed by atoms with van der Waals surface area (Å²) in [6, 6.07) is 17.7. The van der Waals surface area contributed by atoms with Crippen LogP contribution in [0.15, 0.2) is 73.2 Å². The van der Waals surface area contributed by atoms with E-state index in [0.717, 1.165) is 49.9 Å². The van der Waals surface area contributed by atoms with Gasteiger partial charge in [0.1, 0.15) is 5.75 Å². The predicted molar refractivity (Wildman–Crippen MR) is 136 cm³/mol.